The Morgan fingerprint density at radius 2 is 1.88 bits per heavy atom. The van der Waals surface area contributed by atoms with Crippen LogP contribution in [-0.4, -0.2) is 18.4 Å². The molecule has 3 heteroatoms. The van der Waals surface area contributed by atoms with Crippen LogP contribution < -0.4 is 0 Å². The quantitative estimate of drug-likeness (QED) is 0.433. The van der Waals surface area contributed by atoms with Crippen molar-refractivity contribution in [3.63, 3.8) is 0 Å². The lowest BCUT2D eigenvalue weighted by atomic mass is 10.1. The zero-order valence-corrected chi connectivity index (χ0v) is 9.23. The molecule has 0 fully saturated rings. The summed E-state index contributed by atoms with van der Waals surface area (Å²) in [5.74, 6) is -0.490. The van der Waals surface area contributed by atoms with Crippen LogP contribution in [0.3, 0.4) is 0 Å². The molecule has 84 valence electrons. The number of ether oxygens (including phenoxy) is 1. The second-order valence-electron chi connectivity index (χ2n) is 3.46. The van der Waals surface area contributed by atoms with Gasteiger partial charge in [0.1, 0.15) is 0 Å². The fourth-order valence-electron chi connectivity index (χ4n) is 1.13. The Morgan fingerprint density at radius 1 is 1.25 bits per heavy atom. The predicted molar refractivity (Wildman–Crippen MR) is 61.2 cm³/mol. The van der Waals surface area contributed by atoms with Crippen molar-refractivity contribution in [2.75, 3.05) is 6.61 Å². The van der Waals surface area contributed by atoms with Gasteiger partial charge in [0, 0.05) is 17.6 Å². The van der Waals surface area contributed by atoms with E-state index < -0.39 is 5.97 Å². The van der Waals surface area contributed by atoms with Gasteiger partial charge in [-0.1, -0.05) is 36.9 Å². The highest BCUT2D eigenvalue weighted by Crippen LogP contribution is 2.03. The van der Waals surface area contributed by atoms with Gasteiger partial charge in [0.25, 0.3) is 0 Å². The lowest BCUT2D eigenvalue weighted by molar-refractivity contribution is -0.138. The van der Waals surface area contributed by atoms with E-state index in [1.54, 1.807) is 31.2 Å². The van der Waals surface area contributed by atoms with Gasteiger partial charge >= 0.3 is 5.97 Å². The third-order valence-electron chi connectivity index (χ3n) is 2.01. The molecule has 0 N–H and O–H groups in total. The summed E-state index contributed by atoms with van der Waals surface area (Å²) >= 11 is 0. The van der Waals surface area contributed by atoms with Crippen LogP contribution in [0.1, 0.15) is 23.7 Å². The van der Waals surface area contributed by atoms with Crippen molar-refractivity contribution in [1.29, 1.82) is 0 Å². The summed E-state index contributed by atoms with van der Waals surface area (Å²) in [5.41, 5.74) is 0.973. The van der Waals surface area contributed by atoms with Gasteiger partial charge in [0.15, 0.2) is 5.78 Å². The molecule has 0 amide bonds. The number of carbonyl (C=O) groups excluding carboxylic acids is 2. The Morgan fingerprint density at radius 3 is 2.44 bits per heavy atom. The molecule has 3 nitrogen and oxygen atoms in total. The Hall–Kier alpha value is -1.90. The van der Waals surface area contributed by atoms with Crippen molar-refractivity contribution < 1.29 is 14.3 Å². The summed E-state index contributed by atoms with van der Waals surface area (Å²) in [7, 11) is 0. The molecular weight excluding hydrogens is 204 g/mol. The van der Waals surface area contributed by atoms with Crippen LogP contribution in [0.25, 0.3) is 0 Å². The first kappa shape index (κ1) is 12.2. The van der Waals surface area contributed by atoms with Crippen LogP contribution in [-0.2, 0) is 9.53 Å². The van der Waals surface area contributed by atoms with Crippen LogP contribution >= 0.6 is 0 Å². The van der Waals surface area contributed by atoms with Gasteiger partial charge in [-0.2, -0.15) is 0 Å². The van der Waals surface area contributed by atoms with Crippen molar-refractivity contribution in [2.24, 2.45) is 0 Å². The molecule has 0 atom stereocenters. The fraction of sp³-hybridized carbons (Fsp3) is 0.231. The normalized spacial score (nSPS) is 9.56. The number of hydrogen-bond acceptors (Lipinski definition) is 3. The SMILES string of the molecule is C=C(C)C(=O)OCCC(=O)c1ccccc1. The monoisotopic (exact) mass is 218 g/mol. The first-order valence-electron chi connectivity index (χ1n) is 5.02. The lowest BCUT2D eigenvalue weighted by Crippen LogP contribution is -2.10. The maximum Gasteiger partial charge on any atom is 0.333 e. The number of benzene rings is 1. The van der Waals surface area contributed by atoms with Gasteiger partial charge in [0.2, 0.25) is 0 Å². The summed E-state index contributed by atoms with van der Waals surface area (Å²) in [6, 6.07) is 8.92. The van der Waals surface area contributed by atoms with Crippen molar-refractivity contribution >= 4 is 11.8 Å². The second-order valence-corrected chi connectivity index (χ2v) is 3.46. The highest BCUT2D eigenvalue weighted by molar-refractivity contribution is 5.96. The van der Waals surface area contributed by atoms with Crippen LogP contribution in [0, 0.1) is 0 Å². The maximum atomic E-state index is 11.6. The summed E-state index contributed by atoms with van der Waals surface area (Å²) < 4.78 is 4.84. The summed E-state index contributed by atoms with van der Waals surface area (Å²) in [5, 5.41) is 0. The summed E-state index contributed by atoms with van der Waals surface area (Å²) in [4.78, 5) is 22.6. The molecule has 0 unspecified atom stereocenters. The molecule has 0 bridgehead atoms. The highest BCUT2D eigenvalue weighted by atomic mass is 16.5. The number of Topliss-reactive ketones (excluding diaryl/α,β-unsaturated/α-hetero) is 1. The van der Waals surface area contributed by atoms with Crippen LogP contribution in [0.4, 0.5) is 0 Å². The first-order valence-corrected chi connectivity index (χ1v) is 5.02. The maximum absolute atomic E-state index is 11.6. The van der Waals surface area contributed by atoms with Crippen molar-refractivity contribution in [2.45, 2.75) is 13.3 Å². The molecule has 0 aromatic heterocycles. The molecule has 0 saturated carbocycles. The minimum absolute atomic E-state index is 0.0323. The lowest BCUT2D eigenvalue weighted by Gasteiger charge is -2.03. The highest BCUT2D eigenvalue weighted by Gasteiger charge is 2.07. The topological polar surface area (TPSA) is 43.4 Å². The van der Waals surface area contributed by atoms with Gasteiger partial charge in [-0.05, 0) is 6.92 Å². The van der Waals surface area contributed by atoms with E-state index in [4.69, 9.17) is 4.74 Å². The van der Waals surface area contributed by atoms with E-state index in [1.807, 2.05) is 6.07 Å². The van der Waals surface area contributed by atoms with Gasteiger partial charge in [0.05, 0.1) is 6.61 Å². The minimum atomic E-state index is -0.458. The Bertz CT molecular complexity index is 393. The number of esters is 1. The zero-order chi connectivity index (χ0) is 12.0. The molecule has 1 aromatic carbocycles. The smallest absolute Gasteiger partial charge is 0.333 e. The average Bonchev–Trinajstić information content (AvgIpc) is 2.29. The largest absolute Gasteiger partial charge is 0.462 e. The predicted octanol–water partition coefficient (Wildman–Crippen LogP) is 2.38. The van der Waals surface area contributed by atoms with E-state index >= 15 is 0 Å². The van der Waals surface area contributed by atoms with Crippen LogP contribution in [0.15, 0.2) is 42.5 Å². The standard InChI is InChI=1S/C13H14O3/c1-10(2)13(15)16-9-8-12(14)11-6-4-3-5-7-11/h3-7H,1,8-9H2,2H3. The molecule has 0 heterocycles. The van der Waals surface area contributed by atoms with E-state index in [2.05, 4.69) is 6.58 Å². The van der Waals surface area contributed by atoms with Gasteiger partial charge in [-0.25, -0.2) is 4.79 Å². The molecule has 1 rings (SSSR count). The van der Waals surface area contributed by atoms with E-state index in [0.29, 0.717) is 11.1 Å². The minimum Gasteiger partial charge on any atom is -0.462 e. The first-order chi connectivity index (χ1) is 7.61. The third kappa shape index (κ3) is 3.69. The van der Waals surface area contributed by atoms with E-state index in [0.717, 1.165) is 0 Å². The molecule has 0 aliphatic carbocycles. The van der Waals surface area contributed by atoms with E-state index in [1.165, 1.54) is 0 Å². The van der Waals surface area contributed by atoms with Gasteiger partial charge in [-0.15, -0.1) is 0 Å². The van der Waals surface area contributed by atoms with Crippen LogP contribution in [0.5, 0.6) is 0 Å². The molecule has 16 heavy (non-hydrogen) atoms. The molecule has 0 radical (unpaired) electrons. The Kier molecular flexibility index (Phi) is 4.45. The molecule has 0 aliphatic heterocycles. The Labute approximate surface area is 94.7 Å². The zero-order valence-electron chi connectivity index (χ0n) is 9.23. The summed E-state index contributed by atoms with van der Waals surface area (Å²) in [6.45, 7) is 5.12. The Balaban J connectivity index is 2.37. The molecule has 0 saturated heterocycles. The molecular formula is C13H14O3. The number of rotatable bonds is 5. The van der Waals surface area contributed by atoms with Crippen molar-refractivity contribution in [3.8, 4) is 0 Å². The van der Waals surface area contributed by atoms with E-state index in [9.17, 15) is 9.59 Å². The number of carbonyl (C=O) groups is 2. The molecule has 0 spiro atoms. The number of hydrogen-bond donors (Lipinski definition) is 0. The van der Waals surface area contributed by atoms with Crippen molar-refractivity contribution in [3.05, 3.63) is 48.0 Å². The van der Waals surface area contributed by atoms with Crippen LogP contribution in [0.2, 0.25) is 0 Å². The molecule has 0 aliphatic rings. The second kappa shape index (κ2) is 5.85. The molecule has 1 aromatic rings. The fourth-order valence-corrected chi connectivity index (χ4v) is 1.13. The van der Waals surface area contributed by atoms with Gasteiger partial charge in [-0.3, -0.25) is 4.79 Å². The summed E-state index contributed by atoms with van der Waals surface area (Å²) in [6.07, 6.45) is 0.197. The third-order valence-corrected chi connectivity index (χ3v) is 2.01. The van der Waals surface area contributed by atoms with Crippen molar-refractivity contribution in [1.82, 2.24) is 0 Å². The average molecular weight is 218 g/mol. The van der Waals surface area contributed by atoms with E-state index in [-0.39, 0.29) is 18.8 Å². The van der Waals surface area contributed by atoms with Gasteiger partial charge < -0.3 is 4.74 Å². The number of ketones is 1.